The van der Waals surface area contributed by atoms with Gasteiger partial charge in [-0.2, -0.15) is 0 Å². The molecule has 0 spiro atoms. The molecule has 3 rings (SSSR count). The predicted molar refractivity (Wildman–Crippen MR) is 111 cm³/mol. The van der Waals surface area contributed by atoms with Gasteiger partial charge in [-0.1, -0.05) is 43.3 Å². The maximum Gasteiger partial charge on any atom is 0.251 e. The van der Waals surface area contributed by atoms with Gasteiger partial charge in [-0.15, -0.1) is 10.2 Å². The largest absolute Gasteiger partial charge is 0.495 e. The van der Waals surface area contributed by atoms with E-state index in [1.165, 1.54) is 18.2 Å². The van der Waals surface area contributed by atoms with Crippen LogP contribution in [0.15, 0.2) is 53.7 Å². The molecule has 0 radical (unpaired) electrons. The Labute approximate surface area is 173 Å². The minimum Gasteiger partial charge on any atom is -0.495 e. The average Bonchev–Trinajstić information content (AvgIpc) is 3.14. The fourth-order valence-electron chi connectivity index (χ4n) is 2.76. The standard InChI is InChI=1S/C21H23FN4O2S/c1-3-4-12-29-21-25-24-19(26(21)17-10-5-6-11-18(17)28-2)14-23-20(27)15-8-7-9-16(22)13-15/h5-11,13H,3-4,12,14H2,1-2H3,(H,23,27). The van der Waals surface area contributed by atoms with Gasteiger partial charge >= 0.3 is 0 Å². The van der Waals surface area contributed by atoms with Crippen molar-refractivity contribution in [3.63, 3.8) is 0 Å². The zero-order valence-electron chi connectivity index (χ0n) is 16.4. The van der Waals surface area contributed by atoms with Crippen LogP contribution in [0.2, 0.25) is 0 Å². The summed E-state index contributed by atoms with van der Waals surface area (Å²) >= 11 is 1.61. The molecular weight excluding hydrogens is 391 g/mol. The molecule has 3 aromatic rings. The van der Waals surface area contributed by atoms with Gasteiger partial charge in [-0.3, -0.25) is 9.36 Å². The van der Waals surface area contributed by atoms with Gasteiger partial charge in [0.15, 0.2) is 11.0 Å². The van der Waals surface area contributed by atoms with E-state index in [4.69, 9.17) is 4.74 Å². The van der Waals surface area contributed by atoms with Gasteiger partial charge in [-0.05, 0) is 36.8 Å². The van der Waals surface area contributed by atoms with Crippen LogP contribution < -0.4 is 10.1 Å². The summed E-state index contributed by atoms with van der Waals surface area (Å²) < 4.78 is 20.8. The van der Waals surface area contributed by atoms with E-state index in [0.717, 1.165) is 29.4 Å². The first-order chi connectivity index (χ1) is 14.1. The molecule has 1 N–H and O–H groups in total. The molecule has 0 saturated heterocycles. The van der Waals surface area contributed by atoms with E-state index in [2.05, 4.69) is 22.4 Å². The van der Waals surface area contributed by atoms with Gasteiger partial charge in [0.1, 0.15) is 11.6 Å². The summed E-state index contributed by atoms with van der Waals surface area (Å²) in [6, 6.07) is 13.2. The number of halogens is 1. The number of thioether (sulfide) groups is 1. The van der Waals surface area contributed by atoms with Crippen molar-refractivity contribution in [3.8, 4) is 11.4 Å². The van der Waals surface area contributed by atoms with Crippen molar-refractivity contribution in [1.82, 2.24) is 20.1 Å². The molecule has 0 aliphatic heterocycles. The molecule has 1 amide bonds. The van der Waals surface area contributed by atoms with Gasteiger partial charge in [-0.25, -0.2) is 4.39 Å². The van der Waals surface area contributed by atoms with Crippen molar-refractivity contribution in [2.75, 3.05) is 12.9 Å². The molecule has 29 heavy (non-hydrogen) atoms. The lowest BCUT2D eigenvalue weighted by molar-refractivity contribution is 0.0949. The second-order valence-corrected chi connectivity index (χ2v) is 7.36. The highest BCUT2D eigenvalue weighted by molar-refractivity contribution is 7.99. The van der Waals surface area contributed by atoms with Crippen LogP contribution in [0.3, 0.4) is 0 Å². The number of para-hydroxylation sites is 2. The third kappa shape index (κ3) is 5.14. The van der Waals surface area contributed by atoms with Gasteiger partial charge < -0.3 is 10.1 Å². The number of hydrogen-bond acceptors (Lipinski definition) is 5. The quantitative estimate of drug-likeness (QED) is 0.419. The topological polar surface area (TPSA) is 69.0 Å². The highest BCUT2D eigenvalue weighted by Gasteiger charge is 2.18. The summed E-state index contributed by atoms with van der Waals surface area (Å²) in [5.41, 5.74) is 1.06. The molecular formula is C21H23FN4O2S. The summed E-state index contributed by atoms with van der Waals surface area (Å²) in [5, 5.41) is 12.1. The van der Waals surface area contributed by atoms with Crippen LogP contribution in [0.4, 0.5) is 4.39 Å². The van der Waals surface area contributed by atoms with Crippen LogP contribution in [-0.4, -0.2) is 33.5 Å². The van der Waals surface area contributed by atoms with Crippen LogP contribution in [-0.2, 0) is 6.54 Å². The fourth-order valence-corrected chi connectivity index (χ4v) is 3.81. The van der Waals surface area contributed by atoms with Crippen LogP contribution in [0.5, 0.6) is 5.75 Å². The Morgan fingerprint density at radius 2 is 2.03 bits per heavy atom. The highest BCUT2D eigenvalue weighted by Crippen LogP contribution is 2.29. The minimum atomic E-state index is -0.454. The maximum absolute atomic E-state index is 13.4. The normalized spacial score (nSPS) is 10.7. The predicted octanol–water partition coefficient (Wildman–Crippen LogP) is 4.24. The number of benzene rings is 2. The number of carbonyl (C=O) groups excluding carboxylic acids is 1. The van der Waals surface area contributed by atoms with Crippen LogP contribution in [0, 0.1) is 5.82 Å². The zero-order valence-corrected chi connectivity index (χ0v) is 17.2. The van der Waals surface area contributed by atoms with E-state index in [-0.39, 0.29) is 18.0 Å². The zero-order chi connectivity index (χ0) is 20.6. The number of unbranched alkanes of at least 4 members (excludes halogenated alkanes) is 1. The first-order valence-corrected chi connectivity index (χ1v) is 10.4. The number of carbonyl (C=O) groups is 1. The Kier molecular flexibility index (Phi) is 7.24. The van der Waals surface area contributed by atoms with E-state index in [1.807, 2.05) is 28.8 Å². The molecule has 0 aliphatic carbocycles. The van der Waals surface area contributed by atoms with Crippen LogP contribution in [0.25, 0.3) is 5.69 Å². The van der Waals surface area contributed by atoms with Crippen molar-refractivity contribution >= 4 is 17.7 Å². The van der Waals surface area contributed by atoms with Crippen molar-refractivity contribution in [1.29, 1.82) is 0 Å². The van der Waals surface area contributed by atoms with Gasteiger partial charge in [0, 0.05) is 11.3 Å². The number of ether oxygens (including phenoxy) is 1. The van der Waals surface area contributed by atoms with E-state index >= 15 is 0 Å². The lowest BCUT2D eigenvalue weighted by Gasteiger charge is -2.14. The summed E-state index contributed by atoms with van der Waals surface area (Å²) in [7, 11) is 1.61. The SMILES string of the molecule is CCCCSc1nnc(CNC(=O)c2cccc(F)c2)n1-c1ccccc1OC. The van der Waals surface area contributed by atoms with E-state index in [9.17, 15) is 9.18 Å². The molecule has 0 bridgehead atoms. The Morgan fingerprint density at radius 3 is 2.79 bits per heavy atom. The Hall–Kier alpha value is -2.87. The van der Waals surface area contributed by atoms with E-state index in [0.29, 0.717) is 11.6 Å². The molecule has 0 fully saturated rings. The van der Waals surface area contributed by atoms with Gasteiger partial charge in [0.2, 0.25) is 0 Å². The van der Waals surface area contributed by atoms with Gasteiger partial charge in [0.05, 0.1) is 19.3 Å². The first-order valence-electron chi connectivity index (χ1n) is 9.38. The lowest BCUT2D eigenvalue weighted by atomic mass is 10.2. The summed E-state index contributed by atoms with van der Waals surface area (Å²) in [6.45, 7) is 2.29. The number of hydrogen-bond donors (Lipinski definition) is 1. The summed E-state index contributed by atoms with van der Waals surface area (Å²) in [5.74, 6) is 1.34. The van der Waals surface area contributed by atoms with Crippen molar-refractivity contribution < 1.29 is 13.9 Å². The molecule has 152 valence electrons. The number of nitrogens with zero attached hydrogens (tertiary/aromatic N) is 3. The number of rotatable bonds is 9. The number of aromatic nitrogens is 3. The first kappa shape index (κ1) is 20.9. The third-order valence-electron chi connectivity index (χ3n) is 4.25. The maximum atomic E-state index is 13.4. The minimum absolute atomic E-state index is 0.148. The lowest BCUT2D eigenvalue weighted by Crippen LogP contribution is -2.24. The van der Waals surface area contributed by atoms with Crippen molar-refractivity contribution in [2.24, 2.45) is 0 Å². The number of amides is 1. The molecule has 1 heterocycles. The summed E-state index contributed by atoms with van der Waals surface area (Å²) in [4.78, 5) is 12.4. The number of nitrogens with one attached hydrogen (secondary N) is 1. The molecule has 2 aromatic carbocycles. The highest BCUT2D eigenvalue weighted by atomic mass is 32.2. The third-order valence-corrected chi connectivity index (χ3v) is 5.26. The fraction of sp³-hybridized carbons (Fsp3) is 0.286. The Morgan fingerprint density at radius 1 is 1.21 bits per heavy atom. The second kappa shape index (κ2) is 10.1. The Balaban J connectivity index is 1.87. The Bertz CT molecular complexity index is 977. The molecule has 0 unspecified atom stereocenters. The monoisotopic (exact) mass is 414 g/mol. The molecule has 0 atom stereocenters. The molecule has 1 aromatic heterocycles. The van der Waals surface area contributed by atoms with Crippen molar-refractivity contribution in [3.05, 3.63) is 65.7 Å². The smallest absolute Gasteiger partial charge is 0.251 e. The van der Waals surface area contributed by atoms with Gasteiger partial charge in [0.25, 0.3) is 5.91 Å². The summed E-state index contributed by atoms with van der Waals surface area (Å²) in [6.07, 6.45) is 2.15. The average molecular weight is 415 g/mol. The second-order valence-electron chi connectivity index (χ2n) is 6.30. The van der Waals surface area contributed by atoms with Crippen LogP contribution in [0.1, 0.15) is 35.9 Å². The molecule has 0 aliphatic rings. The van der Waals surface area contributed by atoms with Crippen LogP contribution >= 0.6 is 11.8 Å². The molecule has 6 nitrogen and oxygen atoms in total. The van der Waals surface area contributed by atoms with E-state index < -0.39 is 5.82 Å². The molecule has 8 heteroatoms. The van der Waals surface area contributed by atoms with Crippen molar-refractivity contribution in [2.45, 2.75) is 31.5 Å². The van der Waals surface area contributed by atoms with E-state index in [1.54, 1.807) is 24.9 Å². The molecule has 0 saturated carbocycles. The number of methoxy groups -OCH3 is 1.